The number of allylic oxidation sites excluding steroid dienone is 3. The van der Waals surface area contributed by atoms with Gasteiger partial charge in [-0.05, 0) is 31.9 Å². The molecule has 0 saturated heterocycles. The van der Waals surface area contributed by atoms with Crippen molar-refractivity contribution in [1.29, 1.82) is 0 Å². The van der Waals surface area contributed by atoms with Crippen LogP contribution in [0.3, 0.4) is 0 Å². The van der Waals surface area contributed by atoms with Crippen molar-refractivity contribution < 1.29 is 0 Å². The lowest BCUT2D eigenvalue weighted by Gasteiger charge is -1.99. The van der Waals surface area contributed by atoms with Crippen LogP contribution >= 0.6 is 0 Å². The predicted octanol–water partition coefficient (Wildman–Crippen LogP) is 2.99. The van der Waals surface area contributed by atoms with Crippen LogP contribution in [0.4, 0.5) is 0 Å². The fourth-order valence-electron chi connectivity index (χ4n) is 0.730. The van der Waals surface area contributed by atoms with Gasteiger partial charge in [0, 0.05) is 6.54 Å². The second-order valence-electron chi connectivity index (χ2n) is 2.44. The Morgan fingerprint density at radius 3 is 2.55 bits per heavy atom. The summed E-state index contributed by atoms with van der Waals surface area (Å²) in [6, 6.07) is 0. The van der Waals surface area contributed by atoms with E-state index in [-0.39, 0.29) is 0 Å². The maximum Gasteiger partial charge on any atom is 0.0594 e. The van der Waals surface area contributed by atoms with Gasteiger partial charge in [-0.1, -0.05) is 19.6 Å². The van der Waals surface area contributed by atoms with Crippen LogP contribution < -0.4 is 0 Å². The van der Waals surface area contributed by atoms with Crippen molar-refractivity contribution in [3.05, 3.63) is 24.3 Å². The van der Waals surface area contributed by atoms with Crippen molar-refractivity contribution >= 4 is 5.71 Å². The molecule has 0 bridgehead atoms. The van der Waals surface area contributed by atoms with Gasteiger partial charge in [-0.2, -0.15) is 0 Å². The van der Waals surface area contributed by atoms with Gasteiger partial charge >= 0.3 is 0 Å². The Morgan fingerprint density at radius 2 is 2.18 bits per heavy atom. The lowest BCUT2D eigenvalue weighted by Crippen LogP contribution is -1.96. The highest BCUT2D eigenvalue weighted by atomic mass is 14.7. The smallest absolute Gasteiger partial charge is 0.0594 e. The minimum Gasteiger partial charge on any atom is -0.285 e. The third-order valence-electron chi connectivity index (χ3n) is 1.54. The average molecular weight is 151 g/mol. The number of nitrogens with zero attached hydrogens (tertiary/aromatic N) is 1. The topological polar surface area (TPSA) is 12.4 Å². The van der Waals surface area contributed by atoms with E-state index in [1.54, 1.807) is 0 Å². The molecule has 0 N–H and O–H groups in total. The van der Waals surface area contributed by atoms with E-state index in [0.29, 0.717) is 0 Å². The third-order valence-corrected chi connectivity index (χ3v) is 1.54. The van der Waals surface area contributed by atoms with E-state index in [9.17, 15) is 0 Å². The minimum absolute atomic E-state index is 0.895. The highest BCUT2D eigenvalue weighted by Crippen LogP contribution is 1.98. The number of hydrogen-bond acceptors (Lipinski definition) is 1. The molecule has 0 aromatic carbocycles. The molecular formula is C10H17N. The zero-order valence-electron chi connectivity index (χ0n) is 7.72. The second kappa shape index (κ2) is 5.90. The summed E-state index contributed by atoms with van der Waals surface area (Å²) < 4.78 is 0. The SMILES string of the molecule is C=CC(=NCCC)/C(C)=C/C. The first-order valence-electron chi connectivity index (χ1n) is 4.06. The molecule has 0 spiro atoms. The van der Waals surface area contributed by atoms with Gasteiger partial charge < -0.3 is 0 Å². The van der Waals surface area contributed by atoms with Crippen molar-refractivity contribution in [3.8, 4) is 0 Å². The fraction of sp³-hybridized carbons (Fsp3) is 0.500. The lowest BCUT2D eigenvalue weighted by atomic mass is 10.2. The normalized spacial score (nSPS) is 13.4. The van der Waals surface area contributed by atoms with Gasteiger partial charge in [-0.25, -0.2) is 0 Å². The minimum atomic E-state index is 0.895. The fourth-order valence-corrected chi connectivity index (χ4v) is 0.730. The summed E-state index contributed by atoms with van der Waals surface area (Å²) in [5.74, 6) is 0. The molecular weight excluding hydrogens is 134 g/mol. The van der Waals surface area contributed by atoms with E-state index in [1.165, 1.54) is 5.57 Å². The summed E-state index contributed by atoms with van der Waals surface area (Å²) in [5, 5.41) is 0. The van der Waals surface area contributed by atoms with Crippen LogP contribution in [0.5, 0.6) is 0 Å². The molecule has 1 nitrogen and oxygen atoms in total. The molecule has 0 atom stereocenters. The second-order valence-corrected chi connectivity index (χ2v) is 2.44. The Bertz CT molecular complexity index is 175. The average Bonchev–Trinajstić information content (AvgIpc) is 2.05. The molecule has 0 aliphatic heterocycles. The molecule has 0 aromatic heterocycles. The first-order valence-corrected chi connectivity index (χ1v) is 4.06. The summed E-state index contributed by atoms with van der Waals surface area (Å²) in [7, 11) is 0. The highest BCUT2D eigenvalue weighted by molar-refractivity contribution is 6.07. The standard InChI is InChI=1S/C10H17N/c1-5-8-11-10(7-3)9(4)6-2/h6-7H,3,5,8H2,1-2,4H3/b9-6+,11-10?. The lowest BCUT2D eigenvalue weighted by molar-refractivity contribution is 0.933. The van der Waals surface area contributed by atoms with Crippen LogP contribution in [-0.4, -0.2) is 12.3 Å². The molecule has 0 radical (unpaired) electrons. The highest BCUT2D eigenvalue weighted by Gasteiger charge is 1.92. The van der Waals surface area contributed by atoms with Gasteiger partial charge in [0.15, 0.2) is 0 Å². The first kappa shape index (κ1) is 10.2. The van der Waals surface area contributed by atoms with Gasteiger partial charge in [-0.15, -0.1) is 0 Å². The van der Waals surface area contributed by atoms with Crippen LogP contribution in [0.1, 0.15) is 27.2 Å². The molecule has 62 valence electrons. The van der Waals surface area contributed by atoms with Crippen LogP contribution in [0.15, 0.2) is 29.3 Å². The number of aliphatic imine (C=N–C) groups is 1. The van der Waals surface area contributed by atoms with Gasteiger partial charge in [0.05, 0.1) is 5.71 Å². The molecule has 0 heterocycles. The van der Waals surface area contributed by atoms with Crippen molar-refractivity contribution in [2.24, 2.45) is 4.99 Å². The van der Waals surface area contributed by atoms with Gasteiger partial charge in [0.25, 0.3) is 0 Å². The van der Waals surface area contributed by atoms with Crippen LogP contribution in [0.25, 0.3) is 0 Å². The molecule has 0 aromatic rings. The maximum atomic E-state index is 4.36. The Morgan fingerprint density at radius 1 is 1.55 bits per heavy atom. The van der Waals surface area contributed by atoms with E-state index in [1.807, 2.05) is 13.0 Å². The Kier molecular flexibility index (Phi) is 5.44. The summed E-state index contributed by atoms with van der Waals surface area (Å²) in [6.07, 6.45) is 4.95. The first-order chi connectivity index (χ1) is 5.26. The van der Waals surface area contributed by atoms with Crippen LogP contribution in [0, 0.1) is 0 Å². The quantitative estimate of drug-likeness (QED) is 0.548. The summed E-state index contributed by atoms with van der Waals surface area (Å²) in [4.78, 5) is 4.36. The van der Waals surface area contributed by atoms with Crippen molar-refractivity contribution in [3.63, 3.8) is 0 Å². The Balaban J connectivity index is 4.27. The van der Waals surface area contributed by atoms with Gasteiger partial charge in [0.2, 0.25) is 0 Å². The van der Waals surface area contributed by atoms with Crippen LogP contribution in [0.2, 0.25) is 0 Å². The monoisotopic (exact) mass is 151 g/mol. The zero-order valence-corrected chi connectivity index (χ0v) is 7.72. The molecule has 0 saturated carbocycles. The molecule has 0 unspecified atom stereocenters. The third kappa shape index (κ3) is 3.76. The summed E-state index contributed by atoms with van der Waals surface area (Å²) in [6.45, 7) is 10.8. The molecule has 11 heavy (non-hydrogen) atoms. The number of rotatable bonds is 4. The zero-order chi connectivity index (χ0) is 8.69. The van der Waals surface area contributed by atoms with Crippen molar-refractivity contribution in [1.82, 2.24) is 0 Å². The predicted molar refractivity (Wildman–Crippen MR) is 52.2 cm³/mol. The number of hydrogen-bond donors (Lipinski definition) is 0. The van der Waals surface area contributed by atoms with E-state index in [2.05, 4.69) is 31.5 Å². The van der Waals surface area contributed by atoms with Gasteiger partial charge in [0.1, 0.15) is 0 Å². The van der Waals surface area contributed by atoms with Gasteiger partial charge in [-0.3, -0.25) is 4.99 Å². The van der Waals surface area contributed by atoms with Crippen molar-refractivity contribution in [2.75, 3.05) is 6.54 Å². The van der Waals surface area contributed by atoms with E-state index < -0.39 is 0 Å². The molecule has 1 heteroatoms. The largest absolute Gasteiger partial charge is 0.285 e. The van der Waals surface area contributed by atoms with Crippen molar-refractivity contribution in [2.45, 2.75) is 27.2 Å². The Labute approximate surface area is 69.5 Å². The molecule has 0 rings (SSSR count). The van der Waals surface area contributed by atoms with E-state index >= 15 is 0 Å². The maximum absolute atomic E-state index is 4.36. The molecule has 0 aliphatic rings. The summed E-state index contributed by atoms with van der Waals surface area (Å²) in [5.41, 5.74) is 2.22. The van der Waals surface area contributed by atoms with E-state index in [4.69, 9.17) is 0 Å². The molecule has 0 aliphatic carbocycles. The molecule has 0 fully saturated rings. The Hall–Kier alpha value is -0.850. The van der Waals surface area contributed by atoms with Crippen LogP contribution in [-0.2, 0) is 0 Å². The van der Waals surface area contributed by atoms with E-state index in [0.717, 1.165) is 18.7 Å². The summed E-state index contributed by atoms with van der Waals surface area (Å²) >= 11 is 0. The molecule has 0 amide bonds.